The first kappa shape index (κ1) is 13.1. The van der Waals surface area contributed by atoms with Crippen LogP contribution in [0.25, 0.3) is 0 Å². The minimum Gasteiger partial charge on any atom is -0.383 e. The lowest BCUT2D eigenvalue weighted by atomic mass is 10.0. The van der Waals surface area contributed by atoms with Crippen LogP contribution in [-0.2, 0) is 11.2 Å². The second-order valence-electron chi connectivity index (χ2n) is 4.82. The summed E-state index contributed by atoms with van der Waals surface area (Å²) in [4.78, 5) is 8.74. The molecule has 0 aromatic carbocycles. The Kier molecular flexibility index (Phi) is 4.36. The number of nitrogens with one attached hydrogen (secondary N) is 1. The molecule has 0 spiro atoms. The Bertz CT molecular complexity index is 402. The van der Waals surface area contributed by atoms with Crippen molar-refractivity contribution in [3.05, 3.63) is 11.4 Å². The van der Waals surface area contributed by atoms with Crippen LogP contribution >= 0.6 is 0 Å². The Morgan fingerprint density at radius 3 is 2.94 bits per heavy atom. The quantitative estimate of drug-likeness (QED) is 0.852. The van der Waals surface area contributed by atoms with E-state index in [-0.39, 0.29) is 0 Å². The smallest absolute Gasteiger partial charge is 0.134 e. The molecule has 3 N–H and O–H groups in total. The molecule has 1 unspecified atom stereocenters. The summed E-state index contributed by atoms with van der Waals surface area (Å²) in [5.41, 5.74) is 6.82. The van der Waals surface area contributed by atoms with Crippen molar-refractivity contribution >= 4 is 11.6 Å². The zero-order valence-electron chi connectivity index (χ0n) is 11.2. The van der Waals surface area contributed by atoms with E-state index in [1.807, 2.05) is 13.8 Å². The molecular formula is C13H22N4O. The standard InChI is InChI=1S/C13H22N4O/c1-3-11-16-12(14)9(2)13(17-11)15-7-10-5-4-6-18-8-10/h10H,3-8H2,1-2H3,(H3,14,15,16,17). The van der Waals surface area contributed by atoms with Crippen LogP contribution in [-0.4, -0.2) is 29.7 Å². The SMILES string of the molecule is CCc1nc(N)c(C)c(NCC2CCCOC2)n1. The lowest BCUT2D eigenvalue weighted by molar-refractivity contribution is 0.0595. The van der Waals surface area contributed by atoms with Crippen LogP contribution < -0.4 is 11.1 Å². The van der Waals surface area contributed by atoms with E-state index < -0.39 is 0 Å². The Labute approximate surface area is 108 Å². The summed E-state index contributed by atoms with van der Waals surface area (Å²) in [6, 6.07) is 0. The van der Waals surface area contributed by atoms with Gasteiger partial charge in [0, 0.05) is 25.1 Å². The van der Waals surface area contributed by atoms with Crippen LogP contribution in [0, 0.1) is 12.8 Å². The second kappa shape index (κ2) is 6.00. The molecule has 0 amide bonds. The summed E-state index contributed by atoms with van der Waals surface area (Å²) in [5.74, 6) is 2.80. The van der Waals surface area contributed by atoms with Gasteiger partial charge in [-0.15, -0.1) is 0 Å². The van der Waals surface area contributed by atoms with E-state index in [4.69, 9.17) is 10.5 Å². The number of anilines is 2. The minimum atomic E-state index is 0.569. The molecule has 1 fully saturated rings. The van der Waals surface area contributed by atoms with Crippen LogP contribution in [0.2, 0.25) is 0 Å². The average Bonchev–Trinajstić information content (AvgIpc) is 2.41. The summed E-state index contributed by atoms with van der Waals surface area (Å²) >= 11 is 0. The highest BCUT2D eigenvalue weighted by Gasteiger charge is 2.15. The number of hydrogen-bond donors (Lipinski definition) is 2. The maximum absolute atomic E-state index is 5.89. The number of hydrogen-bond acceptors (Lipinski definition) is 5. The van der Waals surface area contributed by atoms with Gasteiger partial charge in [0.25, 0.3) is 0 Å². The molecular weight excluding hydrogens is 228 g/mol. The summed E-state index contributed by atoms with van der Waals surface area (Å²) in [6.07, 6.45) is 3.16. The highest BCUT2D eigenvalue weighted by atomic mass is 16.5. The second-order valence-corrected chi connectivity index (χ2v) is 4.82. The summed E-state index contributed by atoms with van der Waals surface area (Å²) < 4.78 is 5.47. The van der Waals surface area contributed by atoms with Gasteiger partial charge in [0.15, 0.2) is 0 Å². The fraction of sp³-hybridized carbons (Fsp3) is 0.692. The van der Waals surface area contributed by atoms with Crippen molar-refractivity contribution in [1.29, 1.82) is 0 Å². The molecule has 1 atom stereocenters. The maximum Gasteiger partial charge on any atom is 0.134 e. The fourth-order valence-corrected chi connectivity index (χ4v) is 2.12. The Balaban J connectivity index is 2.01. The topological polar surface area (TPSA) is 73.1 Å². The first-order valence-corrected chi connectivity index (χ1v) is 6.65. The summed E-state index contributed by atoms with van der Waals surface area (Å²) in [6.45, 7) is 6.61. The van der Waals surface area contributed by atoms with Crippen molar-refractivity contribution < 1.29 is 4.74 Å². The van der Waals surface area contributed by atoms with Crippen molar-refractivity contribution in [2.45, 2.75) is 33.1 Å². The molecule has 0 saturated carbocycles. The van der Waals surface area contributed by atoms with Gasteiger partial charge in [0.05, 0.1) is 6.61 Å². The Morgan fingerprint density at radius 2 is 2.28 bits per heavy atom. The molecule has 2 heterocycles. The van der Waals surface area contributed by atoms with Gasteiger partial charge in [-0.05, 0) is 25.7 Å². The lowest BCUT2D eigenvalue weighted by Gasteiger charge is -2.23. The highest BCUT2D eigenvalue weighted by Crippen LogP contribution is 2.19. The first-order chi connectivity index (χ1) is 8.70. The molecule has 100 valence electrons. The molecule has 0 aliphatic carbocycles. The van der Waals surface area contributed by atoms with Crippen molar-refractivity contribution in [2.75, 3.05) is 30.8 Å². The number of nitrogen functional groups attached to an aromatic ring is 1. The van der Waals surface area contributed by atoms with E-state index in [1.54, 1.807) is 0 Å². The van der Waals surface area contributed by atoms with Crippen molar-refractivity contribution in [3.63, 3.8) is 0 Å². The highest BCUT2D eigenvalue weighted by molar-refractivity contribution is 5.54. The molecule has 1 aromatic heterocycles. The summed E-state index contributed by atoms with van der Waals surface area (Å²) in [5, 5.41) is 3.39. The van der Waals surface area contributed by atoms with E-state index in [0.717, 1.165) is 49.8 Å². The zero-order valence-corrected chi connectivity index (χ0v) is 11.2. The predicted molar refractivity (Wildman–Crippen MR) is 72.6 cm³/mol. The number of rotatable bonds is 4. The van der Waals surface area contributed by atoms with E-state index in [2.05, 4.69) is 15.3 Å². The largest absolute Gasteiger partial charge is 0.383 e. The van der Waals surface area contributed by atoms with Gasteiger partial charge < -0.3 is 15.8 Å². The first-order valence-electron chi connectivity index (χ1n) is 6.65. The Hall–Kier alpha value is -1.36. The fourth-order valence-electron chi connectivity index (χ4n) is 2.12. The average molecular weight is 250 g/mol. The maximum atomic E-state index is 5.89. The number of nitrogens with zero attached hydrogens (tertiary/aromatic N) is 2. The number of aromatic nitrogens is 2. The lowest BCUT2D eigenvalue weighted by Crippen LogP contribution is -2.25. The van der Waals surface area contributed by atoms with Crippen LogP contribution in [0.5, 0.6) is 0 Å². The van der Waals surface area contributed by atoms with Gasteiger partial charge in [-0.1, -0.05) is 6.92 Å². The molecule has 0 radical (unpaired) electrons. The van der Waals surface area contributed by atoms with Gasteiger partial charge in [0.1, 0.15) is 17.5 Å². The molecule has 2 rings (SSSR count). The number of aryl methyl sites for hydroxylation is 1. The van der Waals surface area contributed by atoms with Crippen LogP contribution in [0.1, 0.15) is 31.2 Å². The van der Waals surface area contributed by atoms with Gasteiger partial charge in [-0.25, -0.2) is 9.97 Å². The van der Waals surface area contributed by atoms with Crippen molar-refractivity contribution in [2.24, 2.45) is 5.92 Å². The molecule has 0 bridgehead atoms. The predicted octanol–water partition coefficient (Wildman–Crippen LogP) is 1.77. The van der Waals surface area contributed by atoms with Crippen LogP contribution in [0.15, 0.2) is 0 Å². The van der Waals surface area contributed by atoms with Gasteiger partial charge in [0.2, 0.25) is 0 Å². The van der Waals surface area contributed by atoms with Gasteiger partial charge in [-0.3, -0.25) is 0 Å². The van der Waals surface area contributed by atoms with Crippen molar-refractivity contribution in [3.8, 4) is 0 Å². The molecule has 1 aromatic rings. The molecule has 5 nitrogen and oxygen atoms in total. The third-order valence-corrected chi connectivity index (χ3v) is 3.36. The van der Waals surface area contributed by atoms with Gasteiger partial charge in [-0.2, -0.15) is 0 Å². The van der Waals surface area contributed by atoms with Gasteiger partial charge >= 0.3 is 0 Å². The molecule has 18 heavy (non-hydrogen) atoms. The number of nitrogens with two attached hydrogens (primary N) is 1. The molecule has 1 aliphatic rings. The van der Waals surface area contributed by atoms with E-state index >= 15 is 0 Å². The van der Waals surface area contributed by atoms with E-state index in [9.17, 15) is 0 Å². The molecule has 1 aliphatic heterocycles. The summed E-state index contributed by atoms with van der Waals surface area (Å²) in [7, 11) is 0. The minimum absolute atomic E-state index is 0.569. The number of ether oxygens (including phenoxy) is 1. The zero-order chi connectivity index (χ0) is 13.0. The van der Waals surface area contributed by atoms with E-state index in [1.165, 1.54) is 6.42 Å². The Morgan fingerprint density at radius 1 is 1.44 bits per heavy atom. The van der Waals surface area contributed by atoms with Crippen molar-refractivity contribution in [1.82, 2.24) is 9.97 Å². The monoisotopic (exact) mass is 250 g/mol. The van der Waals surface area contributed by atoms with E-state index in [0.29, 0.717) is 11.7 Å². The third-order valence-electron chi connectivity index (χ3n) is 3.36. The molecule has 1 saturated heterocycles. The van der Waals surface area contributed by atoms with Crippen LogP contribution in [0.4, 0.5) is 11.6 Å². The normalized spacial score (nSPS) is 19.8. The molecule has 5 heteroatoms. The van der Waals surface area contributed by atoms with Crippen LogP contribution in [0.3, 0.4) is 0 Å². The third kappa shape index (κ3) is 3.10.